The molecule has 0 heterocycles. The number of carbonyl (C=O) groups excluding carboxylic acids is 2. The number of hydrogen-bond donors (Lipinski definition) is 1. The van der Waals surface area contributed by atoms with Crippen LogP contribution < -0.4 is 5.73 Å². The number of unbranched alkanes of at least 4 members (excludes halogenated alkanes) is 17. The van der Waals surface area contributed by atoms with Gasteiger partial charge in [-0.15, -0.1) is 0 Å². The molecule has 34 heavy (non-hydrogen) atoms. The van der Waals surface area contributed by atoms with Gasteiger partial charge in [0.15, 0.2) is 0 Å². The molecule has 1 unspecified atom stereocenters. The number of ether oxygens (including phenoxy) is 1. The molecule has 2 N–H and O–H groups in total. The van der Waals surface area contributed by atoms with Crippen LogP contribution in [0.5, 0.6) is 0 Å². The zero-order valence-corrected chi connectivity index (χ0v) is 22.8. The molecule has 0 aliphatic carbocycles. The molecule has 1 amide bonds. The highest BCUT2D eigenvalue weighted by Crippen LogP contribution is 2.16. The Morgan fingerprint density at radius 2 is 1.09 bits per heavy atom. The van der Waals surface area contributed by atoms with Crippen molar-refractivity contribution in [2.24, 2.45) is 5.73 Å². The Bertz CT molecular complexity index is 489. The molecule has 0 spiro atoms. The number of primary amides is 1. The van der Waals surface area contributed by atoms with Crippen LogP contribution in [0.2, 0.25) is 0 Å². The van der Waals surface area contributed by atoms with Crippen LogP contribution >= 0.6 is 0 Å². The highest BCUT2D eigenvalue weighted by molar-refractivity contribution is 5.75. The average Bonchev–Trinajstić information content (AvgIpc) is 2.80. The molecule has 200 valence electrons. The van der Waals surface area contributed by atoms with Gasteiger partial charge in [-0.2, -0.15) is 0 Å². The number of hydrogen-bond acceptors (Lipinski definition) is 3. The first-order valence-corrected chi connectivity index (χ1v) is 14.7. The van der Waals surface area contributed by atoms with Crippen molar-refractivity contribution < 1.29 is 14.3 Å². The normalized spacial score (nSPS) is 12.3. The molecule has 0 radical (unpaired) electrons. The van der Waals surface area contributed by atoms with E-state index in [0.29, 0.717) is 6.42 Å². The third-order valence-corrected chi connectivity index (χ3v) is 6.50. The van der Waals surface area contributed by atoms with Crippen LogP contribution in [0.15, 0.2) is 12.2 Å². The third-order valence-electron chi connectivity index (χ3n) is 6.50. The van der Waals surface area contributed by atoms with Gasteiger partial charge in [0.25, 0.3) is 0 Å². The quantitative estimate of drug-likeness (QED) is 0.0764. The lowest BCUT2D eigenvalue weighted by atomic mass is 10.0. The van der Waals surface area contributed by atoms with E-state index in [9.17, 15) is 9.59 Å². The van der Waals surface area contributed by atoms with Crippen molar-refractivity contribution in [3.05, 3.63) is 12.2 Å². The summed E-state index contributed by atoms with van der Waals surface area (Å²) in [6.07, 6.45) is 30.2. The first kappa shape index (κ1) is 32.7. The second-order valence-corrected chi connectivity index (χ2v) is 10.0. The minimum absolute atomic E-state index is 0.148. The van der Waals surface area contributed by atoms with Crippen molar-refractivity contribution >= 4 is 11.9 Å². The SMILES string of the molecule is CCCCCC/C=C\CCCCCCCC(=O)OC(CCCCCCCCCCC)CC(N)=O. The topological polar surface area (TPSA) is 69.4 Å². The maximum Gasteiger partial charge on any atom is 0.306 e. The highest BCUT2D eigenvalue weighted by atomic mass is 16.5. The van der Waals surface area contributed by atoms with E-state index in [-0.39, 0.29) is 24.4 Å². The Morgan fingerprint density at radius 3 is 1.62 bits per heavy atom. The molecular formula is C30H57NO3. The molecule has 0 aliphatic rings. The Hall–Kier alpha value is -1.32. The van der Waals surface area contributed by atoms with Crippen molar-refractivity contribution in [2.45, 2.75) is 168 Å². The van der Waals surface area contributed by atoms with E-state index in [0.717, 1.165) is 32.1 Å². The maximum atomic E-state index is 12.2. The van der Waals surface area contributed by atoms with Gasteiger partial charge in [0.05, 0.1) is 6.42 Å². The Kier molecular flexibility index (Phi) is 25.3. The Balaban J connectivity index is 3.73. The summed E-state index contributed by atoms with van der Waals surface area (Å²) in [6, 6.07) is 0. The second-order valence-electron chi connectivity index (χ2n) is 10.0. The summed E-state index contributed by atoms with van der Waals surface area (Å²) in [5.74, 6) is -0.558. The van der Waals surface area contributed by atoms with Crippen molar-refractivity contribution in [3.8, 4) is 0 Å². The fourth-order valence-corrected chi connectivity index (χ4v) is 4.34. The van der Waals surface area contributed by atoms with Crippen molar-refractivity contribution in [3.63, 3.8) is 0 Å². The van der Waals surface area contributed by atoms with Gasteiger partial charge in [0.2, 0.25) is 5.91 Å². The third kappa shape index (κ3) is 25.3. The summed E-state index contributed by atoms with van der Waals surface area (Å²) >= 11 is 0. The van der Waals surface area contributed by atoms with Crippen molar-refractivity contribution in [1.29, 1.82) is 0 Å². The lowest BCUT2D eigenvalue weighted by Crippen LogP contribution is -2.25. The van der Waals surface area contributed by atoms with E-state index < -0.39 is 0 Å². The number of nitrogens with two attached hydrogens (primary N) is 1. The molecule has 0 aliphatic heterocycles. The van der Waals surface area contributed by atoms with E-state index in [4.69, 9.17) is 10.5 Å². The van der Waals surface area contributed by atoms with Crippen molar-refractivity contribution in [1.82, 2.24) is 0 Å². The summed E-state index contributed by atoms with van der Waals surface area (Å²) in [7, 11) is 0. The molecule has 0 aromatic carbocycles. The lowest BCUT2D eigenvalue weighted by Gasteiger charge is -2.16. The Labute approximate surface area is 211 Å². The molecule has 0 saturated heterocycles. The smallest absolute Gasteiger partial charge is 0.306 e. The fraction of sp³-hybridized carbons (Fsp3) is 0.867. The molecule has 0 rings (SSSR count). The van der Waals surface area contributed by atoms with Gasteiger partial charge >= 0.3 is 5.97 Å². The standard InChI is InChI=1S/C30H57NO3/c1-3-5-7-9-11-13-14-15-16-18-20-22-24-26-30(33)34-28(27-29(31)32)25-23-21-19-17-12-10-8-6-4-2/h13-14,28H,3-12,15-27H2,1-2H3,(H2,31,32)/b14-13-. The summed E-state index contributed by atoms with van der Waals surface area (Å²) in [4.78, 5) is 23.6. The molecule has 4 heteroatoms. The largest absolute Gasteiger partial charge is 0.462 e. The van der Waals surface area contributed by atoms with E-state index in [1.807, 2.05) is 0 Å². The number of rotatable bonds is 26. The summed E-state index contributed by atoms with van der Waals surface area (Å²) < 4.78 is 5.59. The van der Waals surface area contributed by atoms with E-state index in [1.54, 1.807) is 0 Å². The number of allylic oxidation sites excluding steroid dienone is 2. The van der Waals surface area contributed by atoms with E-state index in [1.165, 1.54) is 103 Å². The lowest BCUT2D eigenvalue weighted by molar-refractivity contribution is -0.150. The minimum Gasteiger partial charge on any atom is -0.462 e. The first-order valence-electron chi connectivity index (χ1n) is 14.7. The van der Waals surface area contributed by atoms with Crippen LogP contribution in [-0.2, 0) is 14.3 Å². The van der Waals surface area contributed by atoms with Gasteiger partial charge in [-0.05, 0) is 44.9 Å². The zero-order valence-electron chi connectivity index (χ0n) is 22.8. The molecule has 0 aromatic heterocycles. The van der Waals surface area contributed by atoms with Crippen molar-refractivity contribution in [2.75, 3.05) is 0 Å². The predicted octanol–water partition coefficient (Wildman–Crippen LogP) is 8.95. The molecule has 0 fully saturated rings. The number of amides is 1. The predicted molar refractivity (Wildman–Crippen MR) is 146 cm³/mol. The number of esters is 1. The molecule has 0 saturated carbocycles. The highest BCUT2D eigenvalue weighted by Gasteiger charge is 2.16. The molecule has 4 nitrogen and oxygen atoms in total. The monoisotopic (exact) mass is 479 g/mol. The van der Waals surface area contributed by atoms with E-state index in [2.05, 4.69) is 26.0 Å². The molecule has 1 atom stereocenters. The molecular weight excluding hydrogens is 422 g/mol. The molecule has 0 bridgehead atoms. The van der Waals surface area contributed by atoms with Gasteiger partial charge in [-0.25, -0.2) is 0 Å². The van der Waals surface area contributed by atoms with Gasteiger partial charge in [-0.1, -0.05) is 116 Å². The summed E-state index contributed by atoms with van der Waals surface area (Å²) in [5.41, 5.74) is 5.37. The summed E-state index contributed by atoms with van der Waals surface area (Å²) in [5, 5.41) is 0. The van der Waals surface area contributed by atoms with Gasteiger partial charge < -0.3 is 10.5 Å². The van der Waals surface area contributed by atoms with Gasteiger partial charge in [0, 0.05) is 6.42 Å². The van der Waals surface area contributed by atoms with Crippen LogP contribution in [0.4, 0.5) is 0 Å². The average molecular weight is 480 g/mol. The van der Waals surface area contributed by atoms with Gasteiger partial charge in [-0.3, -0.25) is 9.59 Å². The van der Waals surface area contributed by atoms with Crippen LogP contribution in [0.25, 0.3) is 0 Å². The van der Waals surface area contributed by atoms with Crippen LogP contribution in [-0.4, -0.2) is 18.0 Å². The summed E-state index contributed by atoms with van der Waals surface area (Å²) in [6.45, 7) is 4.49. The molecule has 0 aromatic rings. The van der Waals surface area contributed by atoms with Gasteiger partial charge in [0.1, 0.15) is 6.10 Å². The van der Waals surface area contributed by atoms with E-state index >= 15 is 0 Å². The van der Waals surface area contributed by atoms with Crippen LogP contribution in [0.3, 0.4) is 0 Å². The number of carbonyl (C=O) groups is 2. The maximum absolute atomic E-state index is 12.2. The first-order chi connectivity index (χ1) is 16.6. The van der Waals surface area contributed by atoms with Crippen LogP contribution in [0, 0.1) is 0 Å². The second kappa shape index (κ2) is 26.3. The van der Waals surface area contributed by atoms with Crippen LogP contribution in [0.1, 0.15) is 162 Å². The Morgan fingerprint density at radius 1 is 0.647 bits per heavy atom. The minimum atomic E-state index is -0.385. The zero-order chi connectivity index (χ0) is 25.1. The fourth-order valence-electron chi connectivity index (χ4n) is 4.34.